The van der Waals surface area contributed by atoms with Crippen molar-refractivity contribution in [3.63, 3.8) is 0 Å². The van der Waals surface area contributed by atoms with Gasteiger partial charge in [-0.2, -0.15) is 0 Å². The molecule has 1 atom stereocenters. The fourth-order valence-corrected chi connectivity index (χ4v) is 3.16. The van der Waals surface area contributed by atoms with Crippen molar-refractivity contribution in [3.05, 3.63) is 53.1 Å². The van der Waals surface area contributed by atoms with Crippen LogP contribution in [-0.2, 0) is 20.8 Å². The second-order valence-corrected chi connectivity index (χ2v) is 6.64. The zero-order chi connectivity index (χ0) is 20.7. The SMILES string of the molecule is CCOC(=O)CNC(=O)c1cc(Cl)ccc1N(c1ccc(OC)cc1)S(=O)O. The van der Waals surface area contributed by atoms with Crippen LogP contribution in [0.5, 0.6) is 5.75 Å². The van der Waals surface area contributed by atoms with Gasteiger partial charge in [-0.05, 0) is 49.4 Å². The van der Waals surface area contributed by atoms with Gasteiger partial charge in [0, 0.05) is 5.02 Å². The summed E-state index contributed by atoms with van der Waals surface area (Å²) in [6.45, 7) is 1.49. The quantitative estimate of drug-likeness (QED) is 0.496. The van der Waals surface area contributed by atoms with Crippen LogP contribution in [0.3, 0.4) is 0 Å². The summed E-state index contributed by atoms with van der Waals surface area (Å²) in [7, 11) is 1.50. The number of halogens is 1. The van der Waals surface area contributed by atoms with Crippen LogP contribution in [0.2, 0.25) is 5.02 Å². The van der Waals surface area contributed by atoms with Crippen LogP contribution in [0.1, 0.15) is 17.3 Å². The monoisotopic (exact) mass is 426 g/mol. The largest absolute Gasteiger partial charge is 0.497 e. The average molecular weight is 427 g/mol. The molecule has 1 amide bonds. The highest BCUT2D eigenvalue weighted by Gasteiger charge is 2.23. The van der Waals surface area contributed by atoms with Gasteiger partial charge in [0.25, 0.3) is 17.2 Å². The van der Waals surface area contributed by atoms with Crippen molar-refractivity contribution in [2.24, 2.45) is 0 Å². The van der Waals surface area contributed by atoms with Crippen molar-refractivity contribution in [1.82, 2.24) is 5.32 Å². The zero-order valence-electron chi connectivity index (χ0n) is 15.2. The molecule has 2 rings (SSSR count). The Hall–Kier alpha value is -2.62. The lowest BCUT2D eigenvalue weighted by Gasteiger charge is -2.23. The summed E-state index contributed by atoms with van der Waals surface area (Å²) in [6.07, 6.45) is 0. The van der Waals surface area contributed by atoms with Crippen LogP contribution in [-0.4, -0.2) is 40.9 Å². The summed E-state index contributed by atoms with van der Waals surface area (Å²) >= 11 is 3.51. The standard InChI is InChI=1S/C18H19ClN2O6S/c1-3-27-17(22)11-20-18(23)15-10-12(19)4-9-16(15)21(28(24)25)13-5-7-14(26-2)8-6-13/h4-10H,3,11H2,1-2H3,(H,20,23)(H,24,25). The first-order valence-electron chi connectivity index (χ1n) is 8.16. The number of ether oxygens (including phenoxy) is 2. The third kappa shape index (κ3) is 5.44. The minimum absolute atomic E-state index is 0.0232. The number of nitrogens with zero attached hydrogens (tertiary/aromatic N) is 1. The van der Waals surface area contributed by atoms with Crippen molar-refractivity contribution >= 4 is 46.1 Å². The molecule has 0 bridgehead atoms. The van der Waals surface area contributed by atoms with Gasteiger partial charge in [0.15, 0.2) is 0 Å². The molecule has 0 spiro atoms. The summed E-state index contributed by atoms with van der Waals surface area (Å²) in [4.78, 5) is 24.1. The second-order valence-electron chi connectivity index (χ2n) is 5.37. The van der Waals surface area contributed by atoms with Gasteiger partial charge in [-0.3, -0.25) is 14.1 Å². The predicted octanol–water partition coefficient (Wildman–Crippen LogP) is 2.92. The molecule has 8 nitrogen and oxygen atoms in total. The summed E-state index contributed by atoms with van der Waals surface area (Å²) in [5.74, 6) is -0.678. The van der Waals surface area contributed by atoms with E-state index < -0.39 is 23.1 Å². The lowest BCUT2D eigenvalue weighted by molar-refractivity contribution is -0.141. The minimum Gasteiger partial charge on any atom is -0.497 e. The Balaban J connectivity index is 2.40. The number of hydrogen-bond donors (Lipinski definition) is 2. The number of rotatable bonds is 8. The van der Waals surface area contributed by atoms with Crippen molar-refractivity contribution in [3.8, 4) is 5.75 Å². The Morgan fingerprint density at radius 3 is 2.46 bits per heavy atom. The van der Waals surface area contributed by atoms with Crippen LogP contribution < -0.4 is 14.4 Å². The van der Waals surface area contributed by atoms with E-state index in [1.807, 2.05) is 0 Å². The molecule has 1 unspecified atom stereocenters. The van der Waals surface area contributed by atoms with Crippen molar-refractivity contribution in [2.75, 3.05) is 24.6 Å². The fourth-order valence-electron chi connectivity index (χ4n) is 2.36. The van der Waals surface area contributed by atoms with Gasteiger partial charge in [0.1, 0.15) is 12.3 Å². The van der Waals surface area contributed by atoms with Crippen LogP contribution in [0.15, 0.2) is 42.5 Å². The van der Waals surface area contributed by atoms with E-state index in [9.17, 15) is 18.4 Å². The molecule has 0 heterocycles. The lowest BCUT2D eigenvalue weighted by Crippen LogP contribution is -2.32. The molecule has 0 aliphatic carbocycles. The van der Waals surface area contributed by atoms with E-state index in [0.29, 0.717) is 11.4 Å². The predicted molar refractivity (Wildman–Crippen MR) is 106 cm³/mol. The van der Waals surface area contributed by atoms with E-state index in [4.69, 9.17) is 21.1 Å². The first-order valence-corrected chi connectivity index (χ1v) is 9.60. The number of anilines is 2. The Morgan fingerprint density at radius 1 is 1.21 bits per heavy atom. The van der Waals surface area contributed by atoms with Crippen molar-refractivity contribution in [2.45, 2.75) is 6.92 Å². The molecule has 0 fully saturated rings. The Kier molecular flexibility index (Phi) is 7.80. The topological polar surface area (TPSA) is 105 Å². The molecular formula is C18H19ClN2O6S. The van der Waals surface area contributed by atoms with Crippen LogP contribution >= 0.6 is 11.6 Å². The number of esters is 1. The molecular weight excluding hydrogens is 408 g/mol. The van der Waals surface area contributed by atoms with Crippen molar-refractivity contribution < 1.29 is 27.8 Å². The smallest absolute Gasteiger partial charge is 0.325 e. The third-order valence-electron chi connectivity index (χ3n) is 3.58. The van der Waals surface area contributed by atoms with E-state index in [1.54, 1.807) is 31.2 Å². The van der Waals surface area contributed by atoms with E-state index in [0.717, 1.165) is 4.31 Å². The molecule has 0 saturated heterocycles. The van der Waals surface area contributed by atoms with Crippen LogP contribution in [0, 0.1) is 0 Å². The van der Waals surface area contributed by atoms with Gasteiger partial charge in [-0.15, -0.1) is 0 Å². The number of amides is 1. The molecule has 150 valence electrons. The number of hydrogen-bond acceptors (Lipinski definition) is 5. The molecule has 0 saturated carbocycles. The molecule has 10 heteroatoms. The van der Waals surface area contributed by atoms with E-state index in [-0.39, 0.29) is 29.4 Å². The first kappa shape index (κ1) is 21.7. The maximum absolute atomic E-state index is 12.6. The van der Waals surface area contributed by atoms with Gasteiger partial charge >= 0.3 is 5.97 Å². The molecule has 0 aliphatic rings. The highest BCUT2D eigenvalue weighted by Crippen LogP contribution is 2.32. The van der Waals surface area contributed by atoms with Gasteiger partial charge in [0.2, 0.25) is 0 Å². The number of carbonyl (C=O) groups excluding carboxylic acids is 2. The highest BCUT2D eigenvalue weighted by molar-refractivity contribution is 7.81. The number of benzene rings is 2. The summed E-state index contributed by atoms with van der Waals surface area (Å²) in [5.41, 5.74) is 0.509. The van der Waals surface area contributed by atoms with E-state index >= 15 is 0 Å². The summed E-state index contributed by atoms with van der Waals surface area (Å²) < 4.78 is 32.8. The normalized spacial score (nSPS) is 11.4. The van der Waals surface area contributed by atoms with Gasteiger partial charge in [-0.25, -0.2) is 8.51 Å². The molecule has 28 heavy (non-hydrogen) atoms. The third-order valence-corrected chi connectivity index (χ3v) is 4.54. The molecule has 0 radical (unpaired) electrons. The maximum atomic E-state index is 12.6. The molecule has 2 N–H and O–H groups in total. The maximum Gasteiger partial charge on any atom is 0.325 e. The Morgan fingerprint density at radius 2 is 1.89 bits per heavy atom. The minimum atomic E-state index is -2.49. The summed E-state index contributed by atoms with van der Waals surface area (Å²) in [5, 5.41) is 2.67. The lowest BCUT2D eigenvalue weighted by atomic mass is 10.1. The van der Waals surface area contributed by atoms with Crippen molar-refractivity contribution in [1.29, 1.82) is 0 Å². The fraction of sp³-hybridized carbons (Fsp3) is 0.222. The molecule has 0 aromatic heterocycles. The zero-order valence-corrected chi connectivity index (χ0v) is 16.7. The number of nitrogens with one attached hydrogen (secondary N) is 1. The van der Waals surface area contributed by atoms with Gasteiger partial charge in [-0.1, -0.05) is 11.6 Å². The van der Waals surface area contributed by atoms with Crippen LogP contribution in [0.25, 0.3) is 0 Å². The van der Waals surface area contributed by atoms with Crippen LogP contribution in [0.4, 0.5) is 11.4 Å². The Labute approximate surface area is 169 Å². The van der Waals surface area contributed by atoms with E-state index in [2.05, 4.69) is 5.32 Å². The second kappa shape index (κ2) is 10.1. The Bertz CT molecular complexity index is 875. The average Bonchev–Trinajstić information content (AvgIpc) is 2.68. The van der Waals surface area contributed by atoms with Gasteiger partial charge in [0.05, 0.1) is 30.7 Å². The van der Waals surface area contributed by atoms with Gasteiger partial charge < -0.3 is 14.8 Å². The number of methoxy groups -OCH3 is 1. The number of carbonyl (C=O) groups is 2. The highest BCUT2D eigenvalue weighted by atomic mass is 35.5. The molecule has 0 aliphatic heterocycles. The summed E-state index contributed by atoms with van der Waals surface area (Å²) in [6, 6.07) is 10.7. The first-order chi connectivity index (χ1) is 13.4. The molecule has 2 aromatic rings. The molecule has 2 aromatic carbocycles. The van der Waals surface area contributed by atoms with E-state index in [1.165, 1.54) is 25.3 Å².